The molecular weight excluding hydrogens is 457 g/mol. The predicted molar refractivity (Wildman–Crippen MR) is 110 cm³/mol. The van der Waals surface area contributed by atoms with Crippen LogP contribution in [0.25, 0.3) is 0 Å². The smallest absolute Gasteiger partial charge is 0.350 e. The molecule has 0 N–H and O–H groups in total. The Morgan fingerprint density at radius 1 is 1.23 bits per heavy atom. The van der Waals surface area contributed by atoms with Gasteiger partial charge < -0.3 is 4.90 Å². The lowest BCUT2D eigenvalue weighted by molar-refractivity contribution is -0.137. The summed E-state index contributed by atoms with van der Waals surface area (Å²) in [7, 11) is -3.26. The number of hydrogen-bond acceptors (Lipinski definition) is 5. The van der Waals surface area contributed by atoms with Crippen LogP contribution in [-0.2, 0) is 23.6 Å². The van der Waals surface area contributed by atoms with Crippen LogP contribution < -0.4 is 4.31 Å². The summed E-state index contributed by atoms with van der Waals surface area (Å²) in [6.07, 6.45) is -1.59. The first kappa shape index (κ1) is 22.9. The van der Waals surface area contributed by atoms with Gasteiger partial charge in [-0.15, -0.1) is 0 Å². The quantitative estimate of drug-likeness (QED) is 0.674. The highest BCUT2D eigenvalue weighted by atomic mass is 35.5. The van der Waals surface area contributed by atoms with Gasteiger partial charge in [-0.25, -0.2) is 13.2 Å². The Labute approximate surface area is 183 Å². The normalized spacial score (nSPS) is 16.3. The number of urea groups is 1. The Kier molecular flexibility index (Phi) is 6.46. The van der Waals surface area contributed by atoms with E-state index >= 15 is 0 Å². The fourth-order valence-electron chi connectivity index (χ4n) is 2.96. The molecule has 1 aliphatic rings. The molecule has 3 rings (SSSR count). The van der Waals surface area contributed by atoms with Gasteiger partial charge in [0.2, 0.25) is 10.9 Å². The molecule has 1 unspecified atom stereocenters. The minimum Gasteiger partial charge on any atom is -0.350 e. The summed E-state index contributed by atoms with van der Waals surface area (Å²) in [5, 5.41) is -0.163. The van der Waals surface area contributed by atoms with E-state index in [1.807, 2.05) is 6.92 Å². The zero-order valence-electron chi connectivity index (χ0n) is 16.4. The number of pyridine rings is 1. The van der Waals surface area contributed by atoms with E-state index in [0.717, 1.165) is 11.6 Å². The standard InChI is InChI=1S/C19H18ClF3N4O3S/c1-12-3-5-15(6-4-12)27(31(29)30)18(28)26-8-7-25(13(26)2)11-17-16(20)9-14(10-24-17)19(21,22)23/h3-10,13,31H,11H2,1-2H3. The lowest BCUT2D eigenvalue weighted by Crippen LogP contribution is -2.46. The van der Waals surface area contributed by atoms with Gasteiger partial charge in [0, 0.05) is 18.6 Å². The third-order valence-corrected chi connectivity index (χ3v) is 5.78. The van der Waals surface area contributed by atoms with Crippen molar-refractivity contribution in [2.75, 3.05) is 4.31 Å². The average Bonchev–Trinajstić information content (AvgIpc) is 3.04. The zero-order valence-corrected chi connectivity index (χ0v) is 18.0. The molecule has 31 heavy (non-hydrogen) atoms. The number of carbonyl (C=O) groups excluding carboxylic acids is 1. The first-order valence-electron chi connectivity index (χ1n) is 8.98. The van der Waals surface area contributed by atoms with Crippen LogP contribution in [0.4, 0.5) is 23.7 Å². The molecule has 2 amide bonds. The number of carbonyl (C=O) groups is 1. The summed E-state index contributed by atoms with van der Waals surface area (Å²) >= 11 is 5.96. The molecule has 0 saturated heterocycles. The Balaban J connectivity index is 1.77. The maximum Gasteiger partial charge on any atom is 0.417 e. The minimum atomic E-state index is -4.56. The van der Waals surface area contributed by atoms with Gasteiger partial charge in [-0.05, 0) is 32.0 Å². The molecule has 166 valence electrons. The Morgan fingerprint density at radius 3 is 2.42 bits per heavy atom. The topological polar surface area (TPSA) is 73.8 Å². The van der Waals surface area contributed by atoms with Crippen molar-refractivity contribution in [1.29, 1.82) is 0 Å². The van der Waals surface area contributed by atoms with Gasteiger partial charge in [-0.3, -0.25) is 9.88 Å². The van der Waals surface area contributed by atoms with Crippen molar-refractivity contribution in [2.24, 2.45) is 0 Å². The van der Waals surface area contributed by atoms with Crippen LogP contribution in [0.3, 0.4) is 0 Å². The Hall–Kier alpha value is -2.79. The number of hydrogen-bond donors (Lipinski definition) is 1. The summed E-state index contributed by atoms with van der Waals surface area (Å²) < 4.78 is 62.6. The number of aromatic nitrogens is 1. The first-order valence-corrected chi connectivity index (χ1v) is 10.5. The second-order valence-electron chi connectivity index (χ2n) is 6.83. The Morgan fingerprint density at radius 2 is 1.87 bits per heavy atom. The van der Waals surface area contributed by atoms with E-state index in [-0.39, 0.29) is 22.9 Å². The van der Waals surface area contributed by atoms with Gasteiger partial charge in [-0.2, -0.15) is 17.5 Å². The van der Waals surface area contributed by atoms with Gasteiger partial charge >= 0.3 is 12.2 Å². The van der Waals surface area contributed by atoms with E-state index in [0.29, 0.717) is 10.5 Å². The summed E-state index contributed by atoms with van der Waals surface area (Å²) in [4.78, 5) is 19.5. The second kappa shape index (κ2) is 8.75. The van der Waals surface area contributed by atoms with Crippen molar-refractivity contribution in [1.82, 2.24) is 14.8 Å². The Bertz CT molecular complexity index is 1080. The van der Waals surface area contributed by atoms with Crippen LogP contribution in [-0.4, -0.2) is 35.4 Å². The van der Waals surface area contributed by atoms with Crippen LogP contribution in [0.5, 0.6) is 0 Å². The molecule has 1 aromatic carbocycles. The van der Waals surface area contributed by atoms with Crippen molar-refractivity contribution in [3.8, 4) is 0 Å². The number of rotatable bonds is 4. The summed E-state index contributed by atoms with van der Waals surface area (Å²) in [6.45, 7) is 3.49. The number of amides is 2. The number of anilines is 1. The van der Waals surface area contributed by atoms with Crippen molar-refractivity contribution >= 4 is 34.2 Å². The fourth-order valence-corrected chi connectivity index (χ4v) is 3.75. The van der Waals surface area contributed by atoms with E-state index in [9.17, 15) is 26.4 Å². The highest BCUT2D eigenvalue weighted by Crippen LogP contribution is 2.32. The maximum atomic E-state index is 12.9. The third-order valence-electron chi connectivity index (χ3n) is 4.72. The number of thiol groups is 1. The van der Waals surface area contributed by atoms with Gasteiger partial charge in [-0.1, -0.05) is 29.3 Å². The highest BCUT2D eigenvalue weighted by Gasteiger charge is 2.34. The molecule has 0 saturated carbocycles. The monoisotopic (exact) mass is 474 g/mol. The molecule has 1 aromatic heterocycles. The molecule has 0 aliphatic carbocycles. The van der Waals surface area contributed by atoms with E-state index < -0.39 is 34.8 Å². The summed E-state index contributed by atoms with van der Waals surface area (Å²) in [6, 6.07) is 6.40. The number of benzene rings is 1. The van der Waals surface area contributed by atoms with Crippen molar-refractivity contribution < 1.29 is 26.4 Å². The highest BCUT2D eigenvalue weighted by molar-refractivity contribution is 7.75. The lowest BCUT2D eigenvalue weighted by Gasteiger charge is -2.30. The summed E-state index contributed by atoms with van der Waals surface area (Å²) in [5.41, 5.74) is 0.318. The second-order valence-corrected chi connectivity index (χ2v) is 8.11. The maximum absolute atomic E-state index is 12.9. The summed E-state index contributed by atoms with van der Waals surface area (Å²) in [5.74, 6) is 0. The number of nitrogens with zero attached hydrogens (tertiary/aromatic N) is 4. The minimum absolute atomic E-state index is 0.0203. The average molecular weight is 475 g/mol. The van der Waals surface area contributed by atoms with E-state index in [4.69, 9.17) is 11.6 Å². The molecule has 0 spiro atoms. The molecule has 1 atom stereocenters. The van der Waals surface area contributed by atoms with Crippen LogP contribution in [0.1, 0.15) is 23.7 Å². The SMILES string of the molecule is Cc1ccc(N(C(=O)N2C=CN(Cc3ncc(C(F)(F)F)cc3Cl)C2C)[SH](=O)=O)cc1. The number of halogens is 4. The molecule has 2 heterocycles. The van der Waals surface area contributed by atoms with Crippen LogP contribution in [0.15, 0.2) is 48.9 Å². The van der Waals surface area contributed by atoms with E-state index in [1.165, 1.54) is 29.4 Å². The molecule has 0 bridgehead atoms. The van der Waals surface area contributed by atoms with Gasteiger partial charge in [0.05, 0.1) is 28.5 Å². The van der Waals surface area contributed by atoms with Crippen molar-refractivity contribution in [2.45, 2.75) is 32.7 Å². The number of alkyl halides is 3. The molecule has 2 aromatic rings. The lowest BCUT2D eigenvalue weighted by atomic mass is 10.2. The van der Waals surface area contributed by atoms with Crippen molar-refractivity contribution in [3.63, 3.8) is 0 Å². The molecule has 7 nitrogen and oxygen atoms in total. The van der Waals surface area contributed by atoms with E-state index in [2.05, 4.69) is 4.98 Å². The zero-order chi connectivity index (χ0) is 22.9. The van der Waals surface area contributed by atoms with Crippen molar-refractivity contribution in [3.05, 3.63) is 70.8 Å². The van der Waals surface area contributed by atoms with E-state index in [1.54, 1.807) is 24.0 Å². The number of aryl methyl sites for hydroxylation is 1. The first-order chi connectivity index (χ1) is 14.5. The largest absolute Gasteiger partial charge is 0.417 e. The molecular formula is C19H18ClF3N4O3S. The molecule has 0 radical (unpaired) electrons. The van der Waals surface area contributed by atoms with Gasteiger partial charge in [0.25, 0.3) is 0 Å². The van der Waals surface area contributed by atoms with Crippen LogP contribution >= 0.6 is 11.6 Å². The molecule has 1 aliphatic heterocycles. The van der Waals surface area contributed by atoms with Crippen LogP contribution in [0, 0.1) is 6.92 Å². The fraction of sp³-hybridized carbons (Fsp3) is 0.263. The predicted octanol–water partition coefficient (Wildman–Crippen LogP) is 4.15. The third kappa shape index (κ3) is 4.93. The molecule has 0 fully saturated rings. The molecule has 12 heteroatoms. The van der Waals surface area contributed by atoms with Gasteiger partial charge in [0.15, 0.2) is 0 Å². The van der Waals surface area contributed by atoms with Gasteiger partial charge in [0.1, 0.15) is 6.17 Å². The van der Waals surface area contributed by atoms with Crippen LogP contribution in [0.2, 0.25) is 5.02 Å².